The number of amidine groups is 1. The number of alkyl halides is 1. The Balaban J connectivity index is 2.03. The molecule has 1 aromatic heterocycles. The van der Waals surface area contributed by atoms with E-state index >= 15 is 4.39 Å². The van der Waals surface area contributed by atoms with E-state index in [1.807, 2.05) is 0 Å². The summed E-state index contributed by atoms with van der Waals surface area (Å²) < 4.78 is 58.7. The number of rotatable bonds is 4. The zero-order valence-corrected chi connectivity index (χ0v) is 19.2. The molecule has 0 spiro atoms. The molecule has 1 aromatic carbocycles. The molecule has 0 bridgehead atoms. The van der Waals surface area contributed by atoms with Crippen molar-refractivity contribution >= 4 is 38.9 Å². The van der Waals surface area contributed by atoms with Crippen LogP contribution in [0, 0.1) is 5.82 Å². The maximum Gasteiger partial charge on any atom is 0.275 e. The third-order valence-electron chi connectivity index (χ3n) is 5.43. The Kier molecular flexibility index (Phi) is 5.94. The smallest absolute Gasteiger partial charge is 0.275 e. The van der Waals surface area contributed by atoms with E-state index in [-0.39, 0.29) is 22.2 Å². The Labute approximate surface area is 188 Å². The number of pyridine rings is 1. The number of amides is 1. The fraction of sp³-hybridized carbons (Fsp3) is 0.350. The molecule has 32 heavy (non-hydrogen) atoms. The molecule has 8 nitrogen and oxygen atoms in total. The first-order chi connectivity index (χ1) is 14.8. The second-order valence-electron chi connectivity index (χ2n) is 7.87. The molecule has 1 aliphatic rings. The van der Waals surface area contributed by atoms with Gasteiger partial charge in [-0.25, -0.2) is 22.2 Å². The Morgan fingerprint density at radius 2 is 1.94 bits per heavy atom. The molecule has 3 N–H and O–H groups in total. The van der Waals surface area contributed by atoms with Crippen LogP contribution >= 0.6 is 11.6 Å². The zero-order chi connectivity index (χ0) is 24.1. The Morgan fingerprint density at radius 3 is 2.53 bits per heavy atom. The van der Waals surface area contributed by atoms with Crippen LogP contribution in [0.1, 0.15) is 36.8 Å². The van der Waals surface area contributed by atoms with Crippen molar-refractivity contribution in [1.29, 1.82) is 0 Å². The van der Waals surface area contributed by atoms with Crippen LogP contribution in [-0.2, 0) is 15.4 Å². The number of carbonyl (C=O) groups excluding carboxylic acids is 1. The molecule has 2 atom stereocenters. The van der Waals surface area contributed by atoms with Crippen molar-refractivity contribution in [3.05, 3.63) is 52.6 Å². The lowest BCUT2D eigenvalue weighted by atomic mass is 9.91. The number of halogens is 3. The molecule has 3 rings (SSSR count). The fourth-order valence-electron chi connectivity index (χ4n) is 3.20. The highest BCUT2D eigenvalue weighted by atomic mass is 35.5. The van der Waals surface area contributed by atoms with Crippen molar-refractivity contribution in [1.82, 2.24) is 4.98 Å². The van der Waals surface area contributed by atoms with Crippen LogP contribution in [0.5, 0.6) is 5.75 Å². The van der Waals surface area contributed by atoms with Gasteiger partial charge in [0.15, 0.2) is 9.84 Å². The van der Waals surface area contributed by atoms with Gasteiger partial charge < -0.3 is 15.8 Å². The molecule has 1 aliphatic heterocycles. The highest BCUT2D eigenvalue weighted by molar-refractivity contribution is 7.94. The average Bonchev–Trinajstić information content (AvgIpc) is 2.72. The first-order valence-electron chi connectivity index (χ1n) is 9.30. The minimum absolute atomic E-state index is 0.0120. The van der Waals surface area contributed by atoms with E-state index in [0.29, 0.717) is 5.75 Å². The van der Waals surface area contributed by atoms with E-state index < -0.39 is 42.9 Å². The van der Waals surface area contributed by atoms with Crippen LogP contribution in [0.15, 0.2) is 35.5 Å². The first-order valence-corrected chi connectivity index (χ1v) is 11.2. The second-order valence-corrected chi connectivity index (χ2v) is 10.8. The molecule has 2 aromatic rings. The number of benzene rings is 1. The van der Waals surface area contributed by atoms with Gasteiger partial charge in [0.2, 0.25) is 5.50 Å². The van der Waals surface area contributed by atoms with E-state index in [4.69, 9.17) is 22.1 Å². The normalized spacial score (nSPS) is 23.8. The standard InChI is InChI=1S/C20H21ClF2N4O4S/c1-19(2)18(24)27-20(3,17(23)32(19,29)30)12-7-10(5-6-14(12)22)26-16(28)15-13(21)8-11(31-4)9-25-15/h5-9,17H,1-4H3,(H2,24,27)(H,26,28)/t17?,20-/m1/s1. The van der Waals surface area contributed by atoms with E-state index in [1.165, 1.54) is 39.3 Å². The maximum atomic E-state index is 15.3. The summed E-state index contributed by atoms with van der Waals surface area (Å²) in [5, 5.41) is 2.49. The lowest BCUT2D eigenvalue weighted by molar-refractivity contribution is 0.102. The van der Waals surface area contributed by atoms with E-state index in [2.05, 4.69) is 15.3 Å². The highest BCUT2D eigenvalue weighted by Crippen LogP contribution is 2.44. The molecule has 2 heterocycles. The molecule has 12 heteroatoms. The topological polar surface area (TPSA) is 124 Å². The summed E-state index contributed by atoms with van der Waals surface area (Å²) in [5.41, 5.74) is 0.614. The lowest BCUT2D eigenvalue weighted by Gasteiger charge is -2.40. The van der Waals surface area contributed by atoms with E-state index in [0.717, 1.165) is 19.1 Å². The Bertz CT molecular complexity index is 1240. The van der Waals surface area contributed by atoms with Gasteiger partial charge in [0.25, 0.3) is 5.91 Å². The summed E-state index contributed by atoms with van der Waals surface area (Å²) >= 11 is 6.05. The summed E-state index contributed by atoms with van der Waals surface area (Å²) in [6.45, 7) is 3.58. The van der Waals surface area contributed by atoms with Gasteiger partial charge in [-0.1, -0.05) is 11.6 Å². The van der Waals surface area contributed by atoms with Crippen molar-refractivity contribution in [3.8, 4) is 5.75 Å². The Hall–Kier alpha value is -2.79. The van der Waals surface area contributed by atoms with Crippen LogP contribution in [-0.4, -0.2) is 42.5 Å². The van der Waals surface area contributed by atoms with Gasteiger partial charge in [-0.2, -0.15) is 0 Å². The summed E-state index contributed by atoms with van der Waals surface area (Å²) in [5.74, 6) is -1.65. The van der Waals surface area contributed by atoms with Crippen LogP contribution in [0.25, 0.3) is 0 Å². The highest BCUT2D eigenvalue weighted by Gasteiger charge is 2.58. The molecule has 0 aliphatic carbocycles. The molecule has 1 amide bonds. The van der Waals surface area contributed by atoms with Crippen molar-refractivity contribution in [2.75, 3.05) is 12.4 Å². The molecule has 1 unspecified atom stereocenters. The SMILES string of the molecule is COc1cnc(C(=O)Nc2ccc(F)c([C@@]3(C)N=C(N)C(C)(C)S(=O)(=O)C3F)c2)c(Cl)c1. The quantitative estimate of drug-likeness (QED) is 0.683. The maximum absolute atomic E-state index is 15.3. The van der Waals surface area contributed by atoms with E-state index in [1.54, 1.807) is 0 Å². The van der Waals surface area contributed by atoms with Gasteiger partial charge >= 0.3 is 0 Å². The van der Waals surface area contributed by atoms with Crippen molar-refractivity contribution < 1.29 is 26.7 Å². The largest absolute Gasteiger partial charge is 0.495 e. The Morgan fingerprint density at radius 1 is 1.28 bits per heavy atom. The third kappa shape index (κ3) is 3.69. The van der Waals surface area contributed by atoms with Gasteiger partial charge in [-0.15, -0.1) is 0 Å². The number of nitrogens with two attached hydrogens (primary N) is 1. The van der Waals surface area contributed by atoms with Gasteiger partial charge in [-0.05, 0) is 39.0 Å². The van der Waals surface area contributed by atoms with Gasteiger partial charge in [-0.3, -0.25) is 9.79 Å². The predicted octanol–water partition coefficient (Wildman–Crippen LogP) is 3.21. The van der Waals surface area contributed by atoms with Crippen molar-refractivity contribution in [2.24, 2.45) is 10.7 Å². The summed E-state index contributed by atoms with van der Waals surface area (Å²) in [7, 11) is -3.06. The number of methoxy groups -OCH3 is 1. The molecule has 0 saturated carbocycles. The van der Waals surface area contributed by atoms with Gasteiger partial charge in [0.1, 0.15) is 33.4 Å². The minimum Gasteiger partial charge on any atom is -0.495 e. The monoisotopic (exact) mass is 486 g/mol. The fourth-order valence-corrected chi connectivity index (χ4v) is 5.09. The number of hydrogen-bond acceptors (Lipinski definition) is 7. The van der Waals surface area contributed by atoms with Crippen LogP contribution in [0.2, 0.25) is 5.02 Å². The number of carbonyl (C=O) groups is 1. The predicted molar refractivity (Wildman–Crippen MR) is 117 cm³/mol. The van der Waals surface area contributed by atoms with Crippen LogP contribution in [0.3, 0.4) is 0 Å². The number of ether oxygens (including phenoxy) is 1. The van der Waals surface area contributed by atoms with E-state index in [9.17, 15) is 17.6 Å². The van der Waals surface area contributed by atoms with Crippen LogP contribution in [0.4, 0.5) is 14.5 Å². The third-order valence-corrected chi connectivity index (χ3v) is 8.36. The number of nitrogens with zero attached hydrogens (tertiary/aromatic N) is 2. The average molecular weight is 487 g/mol. The lowest BCUT2D eigenvalue weighted by Crippen LogP contribution is -2.58. The number of anilines is 1. The molecular weight excluding hydrogens is 466 g/mol. The van der Waals surface area contributed by atoms with Gasteiger partial charge in [0.05, 0.1) is 18.3 Å². The van der Waals surface area contributed by atoms with Crippen molar-refractivity contribution in [3.63, 3.8) is 0 Å². The minimum atomic E-state index is -4.47. The number of aromatic nitrogens is 1. The summed E-state index contributed by atoms with van der Waals surface area (Å²) in [4.78, 5) is 20.5. The molecule has 0 fully saturated rings. The number of sulfone groups is 1. The summed E-state index contributed by atoms with van der Waals surface area (Å²) in [6.07, 6.45) is 1.29. The number of aliphatic imine (C=N–C) groups is 1. The number of hydrogen-bond donors (Lipinski definition) is 2. The molecular formula is C20H21ClF2N4O4S. The first kappa shape index (κ1) is 23.9. The molecule has 0 radical (unpaired) electrons. The van der Waals surface area contributed by atoms with Crippen LogP contribution < -0.4 is 15.8 Å². The van der Waals surface area contributed by atoms with Gasteiger partial charge in [0, 0.05) is 17.3 Å². The zero-order valence-electron chi connectivity index (χ0n) is 17.6. The summed E-state index contributed by atoms with van der Waals surface area (Å²) in [6, 6.07) is 4.67. The number of nitrogens with one attached hydrogen (secondary N) is 1. The molecule has 172 valence electrons. The van der Waals surface area contributed by atoms with Crippen molar-refractivity contribution in [2.45, 2.75) is 36.6 Å². The molecule has 0 saturated heterocycles. The second kappa shape index (κ2) is 7.96.